The van der Waals surface area contributed by atoms with Crippen molar-refractivity contribution >= 4 is 11.3 Å². The number of anilines is 1. The zero-order chi connectivity index (χ0) is 14.3. The number of aromatic nitrogens is 3. The van der Waals surface area contributed by atoms with E-state index in [4.69, 9.17) is 0 Å². The van der Waals surface area contributed by atoms with Crippen LogP contribution in [0.1, 0.15) is 52.7 Å². The summed E-state index contributed by atoms with van der Waals surface area (Å²) in [4.78, 5) is 4.53. The molecular formula is C16H24N4. The number of rotatable bonds is 2. The predicted molar refractivity (Wildman–Crippen MR) is 82.1 cm³/mol. The van der Waals surface area contributed by atoms with E-state index < -0.39 is 0 Å². The topological polar surface area (TPSA) is 42.2 Å². The first-order valence-corrected chi connectivity index (χ1v) is 7.56. The van der Waals surface area contributed by atoms with Crippen molar-refractivity contribution in [2.45, 2.75) is 58.4 Å². The van der Waals surface area contributed by atoms with Gasteiger partial charge in [-0.3, -0.25) is 0 Å². The second-order valence-corrected chi connectivity index (χ2v) is 7.04. The molecule has 0 radical (unpaired) electrons. The Hall–Kier alpha value is -1.58. The average molecular weight is 272 g/mol. The molecule has 2 atom stereocenters. The van der Waals surface area contributed by atoms with Gasteiger partial charge in [-0.15, -0.1) is 0 Å². The molecule has 0 spiro atoms. The van der Waals surface area contributed by atoms with Gasteiger partial charge in [0.25, 0.3) is 0 Å². The van der Waals surface area contributed by atoms with Gasteiger partial charge in [0.1, 0.15) is 5.52 Å². The summed E-state index contributed by atoms with van der Waals surface area (Å²) in [6.07, 6.45) is 7.62. The van der Waals surface area contributed by atoms with E-state index >= 15 is 0 Å². The van der Waals surface area contributed by atoms with Crippen LogP contribution in [-0.4, -0.2) is 20.6 Å². The summed E-state index contributed by atoms with van der Waals surface area (Å²) in [6, 6.07) is 2.70. The largest absolute Gasteiger partial charge is 0.365 e. The van der Waals surface area contributed by atoms with Crippen molar-refractivity contribution < 1.29 is 0 Å². The summed E-state index contributed by atoms with van der Waals surface area (Å²) in [7, 11) is 0. The lowest BCUT2D eigenvalue weighted by Gasteiger charge is -2.18. The standard InChI is InChI=1S/C16H24N4/c1-11-6-5-7-12(11)18-15-13-10-14(16(2,3)4)19-20(13)9-8-17-15/h8-12H,5-7H2,1-4H3,(H,17,18). The van der Waals surface area contributed by atoms with Gasteiger partial charge in [-0.25, -0.2) is 9.50 Å². The summed E-state index contributed by atoms with van der Waals surface area (Å²) in [5.41, 5.74) is 2.24. The molecule has 0 bridgehead atoms. The lowest BCUT2D eigenvalue weighted by molar-refractivity contribution is 0.555. The van der Waals surface area contributed by atoms with Crippen molar-refractivity contribution in [2.24, 2.45) is 5.92 Å². The molecule has 0 aliphatic heterocycles. The summed E-state index contributed by atoms with van der Waals surface area (Å²) in [5, 5.41) is 8.30. The number of hydrogen-bond donors (Lipinski definition) is 1. The second-order valence-electron chi connectivity index (χ2n) is 7.04. The SMILES string of the molecule is CC1CCCC1Nc1nccn2nc(C(C)(C)C)cc12. The Balaban J connectivity index is 1.96. The molecule has 1 fully saturated rings. The van der Waals surface area contributed by atoms with E-state index in [-0.39, 0.29) is 5.41 Å². The Kier molecular flexibility index (Phi) is 3.19. The van der Waals surface area contributed by atoms with Crippen LogP contribution in [0.15, 0.2) is 18.5 Å². The molecule has 1 aliphatic rings. The van der Waals surface area contributed by atoms with Crippen molar-refractivity contribution in [2.75, 3.05) is 5.32 Å². The van der Waals surface area contributed by atoms with Gasteiger partial charge in [-0.05, 0) is 24.8 Å². The minimum Gasteiger partial charge on any atom is -0.365 e. The fourth-order valence-electron chi connectivity index (χ4n) is 2.94. The minimum atomic E-state index is 0.0595. The molecule has 108 valence electrons. The third-order valence-electron chi connectivity index (χ3n) is 4.34. The maximum absolute atomic E-state index is 4.67. The molecule has 0 saturated heterocycles. The van der Waals surface area contributed by atoms with E-state index in [1.165, 1.54) is 19.3 Å². The highest BCUT2D eigenvalue weighted by molar-refractivity contribution is 5.68. The molecule has 1 saturated carbocycles. The van der Waals surface area contributed by atoms with Crippen LogP contribution in [0.4, 0.5) is 5.82 Å². The van der Waals surface area contributed by atoms with Crippen LogP contribution < -0.4 is 5.32 Å². The number of fused-ring (bicyclic) bond motifs is 1. The maximum Gasteiger partial charge on any atom is 0.152 e. The minimum absolute atomic E-state index is 0.0595. The lowest BCUT2D eigenvalue weighted by atomic mass is 9.92. The maximum atomic E-state index is 4.67. The van der Waals surface area contributed by atoms with Gasteiger partial charge >= 0.3 is 0 Å². The summed E-state index contributed by atoms with van der Waals surface area (Å²) < 4.78 is 1.94. The average Bonchev–Trinajstić information content (AvgIpc) is 2.96. The van der Waals surface area contributed by atoms with Gasteiger partial charge < -0.3 is 5.32 Å². The summed E-state index contributed by atoms with van der Waals surface area (Å²) in [6.45, 7) is 8.89. The molecule has 0 amide bonds. The van der Waals surface area contributed by atoms with E-state index in [0.717, 1.165) is 22.9 Å². The monoisotopic (exact) mass is 272 g/mol. The predicted octanol–water partition coefficient (Wildman–Crippen LogP) is 3.63. The zero-order valence-corrected chi connectivity index (χ0v) is 12.8. The van der Waals surface area contributed by atoms with Gasteiger partial charge in [-0.2, -0.15) is 5.10 Å². The Morgan fingerprint density at radius 3 is 2.75 bits per heavy atom. The first-order chi connectivity index (χ1) is 9.45. The van der Waals surface area contributed by atoms with Gasteiger partial charge in [0.2, 0.25) is 0 Å². The van der Waals surface area contributed by atoms with Gasteiger partial charge in [0, 0.05) is 23.9 Å². The molecule has 3 rings (SSSR count). The smallest absolute Gasteiger partial charge is 0.152 e. The van der Waals surface area contributed by atoms with E-state index in [1.807, 2.05) is 16.9 Å². The fraction of sp³-hybridized carbons (Fsp3) is 0.625. The van der Waals surface area contributed by atoms with Crippen LogP contribution >= 0.6 is 0 Å². The molecule has 2 unspecified atom stereocenters. The van der Waals surface area contributed by atoms with Crippen LogP contribution in [0.5, 0.6) is 0 Å². The van der Waals surface area contributed by atoms with E-state index in [0.29, 0.717) is 6.04 Å². The highest BCUT2D eigenvalue weighted by Gasteiger charge is 2.25. The molecule has 2 aromatic rings. The first-order valence-electron chi connectivity index (χ1n) is 7.56. The second kappa shape index (κ2) is 4.76. The highest BCUT2D eigenvalue weighted by Crippen LogP contribution is 2.30. The van der Waals surface area contributed by atoms with Crippen molar-refractivity contribution in [3.8, 4) is 0 Å². The third-order valence-corrected chi connectivity index (χ3v) is 4.34. The van der Waals surface area contributed by atoms with Crippen LogP contribution in [0.3, 0.4) is 0 Å². The lowest BCUT2D eigenvalue weighted by Crippen LogP contribution is -2.22. The molecular weight excluding hydrogens is 248 g/mol. The Bertz CT molecular complexity index is 608. The molecule has 2 heterocycles. The van der Waals surface area contributed by atoms with Crippen LogP contribution in [0, 0.1) is 5.92 Å². The quantitative estimate of drug-likeness (QED) is 0.907. The fourth-order valence-corrected chi connectivity index (χ4v) is 2.94. The molecule has 4 heteroatoms. The normalized spacial score (nSPS) is 23.4. The molecule has 1 aliphatic carbocycles. The van der Waals surface area contributed by atoms with Crippen molar-refractivity contribution in [1.29, 1.82) is 0 Å². The van der Waals surface area contributed by atoms with Gasteiger partial charge in [-0.1, -0.05) is 34.1 Å². The molecule has 1 N–H and O–H groups in total. The first kappa shape index (κ1) is 13.4. The molecule has 2 aromatic heterocycles. The van der Waals surface area contributed by atoms with E-state index in [9.17, 15) is 0 Å². The van der Waals surface area contributed by atoms with Crippen LogP contribution in [0.25, 0.3) is 5.52 Å². The van der Waals surface area contributed by atoms with Crippen LogP contribution in [-0.2, 0) is 5.41 Å². The Labute approximate surface area is 120 Å². The van der Waals surface area contributed by atoms with Gasteiger partial charge in [0.15, 0.2) is 5.82 Å². The van der Waals surface area contributed by atoms with Crippen molar-refractivity contribution in [3.63, 3.8) is 0 Å². The number of hydrogen-bond acceptors (Lipinski definition) is 3. The Morgan fingerprint density at radius 2 is 2.10 bits per heavy atom. The molecule has 4 nitrogen and oxygen atoms in total. The molecule has 20 heavy (non-hydrogen) atoms. The van der Waals surface area contributed by atoms with Crippen molar-refractivity contribution in [1.82, 2.24) is 14.6 Å². The summed E-state index contributed by atoms with van der Waals surface area (Å²) in [5.74, 6) is 1.69. The summed E-state index contributed by atoms with van der Waals surface area (Å²) >= 11 is 0. The Morgan fingerprint density at radius 1 is 1.30 bits per heavy atom. The van der Waals surface area contributed by atoms with Gasteiger partial charge in [0.05, 0.1) is 5.69 Å². The number of nitrogens with zero attached hydrogens (tertiary/aromatic N) is 3. The van der Waals surface area contributed by atoms with Crippen molar-refractivity contribution in [3.05, 3.63) is 24.2 Å². The third kappa shape index (κ3) is 2.39. The highest BCUT2D eigenvalue weighted by atomic mass is 15.2. The van der Waals surface area contributed by atoms with E-state index in [1.54, 1.807) is 0 Å². The number of nitrogens with one attached hydrogen (secondary N) is 1. The zero-order valence-electron chi connectivity index (χ0n) is 12.8. The van der Waals surface area contributed by atoms with Crippen LogP contribution in [0.2, 0.25) is 0 Å². The molecule has 0 aromatic carbocycles. The van der Waals surface area contributed by atoms with E-state index in [2.05, 4.69) is 49.2 Å².